The number of piperidine rings is 1. The van der Waals surface area contributed by atoms with Crippen molar-refractivity contribution in [3.63, 3.8) is 0 Å². The van der Waals surface area contributed by atoms with Gasteiger partial charge in [0, 0.05) is 26.2 Å². The number of benzene rings is 1. The number of urea groups is 1. The van der Waals surface area contributed by atoms with Crippen LogP contribution in [0.25, 0.3) is 0 Å². The molecular weight excluding hydrogens is 290 g/mol. The van der Waals surface area contributed by atoms with Crippen molar-refractivity contribution >= 4 is 16.1 Å². The number of hydrogen-bond acceptors (Lipinski definition) is 3. The minimum Gasteiger partial charge on any atom is -0.341 e. The molecule has 1 heterocycles. The van der Waals surface area contributed by atoms with Crippen LogP contribution in [0.15, 0.2) is 29.2 Å². The fraction of sp³-hybridized carbons (Fsp3) is 0.500. The average molecular weight is 311 g/mol. The zero-order valence-electron chi connectivity index (χ0n) is 12.3. The molecule has 1 aliphatic heterocycles. The van der Waals surface area contributed by atoms with Crippen LogP contribution in [0.5, 0.6) is 0 Å². The van der Waals surface area contributed by atoms with Gasteiger partial charge in [-0.15, -0.1) is 0 Å². The quantitative estimate of drug-likeness (QED) is 0.876. The van der Waals surface area contributed by atoms with Gasteiger partial charge in [0.05, 0.1) is 4.90 Å². The van der Waals surface area contributed by atoms with Gasteiger partial charge in [-0.3, -0.25) is 0 Å². The molecule has 0 unspecified atom stereocenters. The average Bonchev–Trinajstić information content (AvgIpc) is 2.48. The molecule has 7 heteroatoms. The van der Waals surface area contributed by atoms with E-state index in [2.05, 4.69) is 10.6 Å². The Kier molecular flexibility index (Phi) is 4.84. The third-order valence-electron chi connectivity index (χ3n) is 3.67. The largest absolute Gasteiger partial charge is 0.341 e. The molecule has 21 heavy (non-hydrogen) atoms. The molecule has 6 nitrogen and oxygen atoms in total. The van der Waals surface area contributed by atoms with E-state index in [1.807, 2.05) is 6.92 Å². The van der Waals surface area contributed by atoms with Gasteiger partial charge in [0.2, 0.25) is 10.0 Å². The van der Waals surface area contributed by atoms with Crippen molar-refractivity contribution < 1.29 is 13.2 Å². The maximum Gasteiger partial charge on any atom is 0.314 e. The Bertz CT molecular complexity index is 590. The Balaban J connectivity index is 2.01. The highest BCUT2D eigenvalue weighted by Gasteiger charge is 2.29. The first-order valence-corrected chi connectivity index (χ1v) is 8.42. The van der Waals surface area contributed by atoms with E-state index in [0.29, 0.717) is 30.8 Å². The van der Waals surface area contributed by atoms with Crippen LogP contribution >= 0.6 is 0 Å². The number of rotatable bonds is 3. The molecule has 1 aromatic carbocycles. The minimum atomic E-state index is -3.43. The van der Waals surface area contributed by atoms with Crippen LogP contribution in [0.4, 0.5) is 4.79 Å². The second kappa shape index (κ2) is 6.44. The zero-order valence-corrected chi connectivity index (χ0v) is 13.1. The minimum absolute atomic E-state index is 0.0226. The van der Waals surface area contributed by atoms with Crippen LogP contribution in [-0.2, 0) is 10.0 Å². The number of nitrogens with zero attached hydrogens (tertiary/aromatic N) is 1. The molecule has 2 amide bonds. The van der Waals surface area contributed by atoms with Crippen molar-refractivity contribution in [2.45, 2.75) is 30.7 Å². The number of hydrogen-bond donors (Lipinski definition) is 2. The third-order valence-corrected chi connectivity index (χ3v) is 5.59. The first-order valence-electron chi connectivity index (χ1n) is 6.98. The standard InChI is InChI=1S/C14H21N3O3S/c1-11-3-5-13(6-4-11)21(19,20)17-9-7-12(8-10-17)16-14(18)15-2/h3-6,12H,7-10H2,1-2H3,(H2,15,16,18). The van der Waals surface area contributed by atoms with Crippen molar-refractivity contribution in [3.8, 4) is 0 Å². The summed E-state index contributed by atoms with van der Waals surface area (Å²) in [5, 5.41) is 5.32. The molecule has 1 aromatic rings. The van der Waals surface area contributed by atoms with Gasteiger partial charge in [-0.2, -0.15) is 4.31 Å². The van der Waals surface area contributed by atoms with Crippen LogP contribution in [0.1, 0.15) is 18.4 Å². The lowest BCUT2D eigenvalue weighted by molar-refractivity contribution is 0.229. The Morgan fingerprint density at radius 3 is 2.29 bits per heavy atom. The molecule has 1 saturated heterocycles. The number of carbonyl (C=O) groups excluding carboxylic acids is 1. The highest BCUT2D eigenvalue weighted by molar-refractivity contribution is 7.89. The van der Waals surface area contributed by atoms with Gasteiger partial charge >= 0.3 is 6.03 Å². The van der Waals surface area contributed by atoms with Crippen LogP contribution in [0, 0.1) is 6.92 Å². The number of carbonyl (C=O) groups is 1. The van der Waals surface area contributed by atoms with Gasteiger partial charge in [0.15, 0.2) is 0 Å². The Morgan fingerprint density at radius 2 is 1.76 bits per heavy atom. The van der Waals surface area contributed by atoms with Gasteiger partial charge in [-0.1, -0.05) is 17.7 Å². The van der Waals surface area contributed by atoms with E-state index in [1.54, 1.807) is 31.3 Å². The lowest BCUT2D eigenvalue weighted by Crippen LogP contribution is -2.48. The van der Waals surface area contributed by atoms with Crippen molar-refractivity contribution in [3.05, 3.63) is 29.8 Å². The van der Waals surface area contributed by atoms with Gasteiger partial charge in [-0.05, 0) is 31.9 Å². The summed E-state index contributed by atoms with van der Waals surface area (Å²) in [5.74, 6) is 0. The molecule has 0 aliphatic carbocycles. The van der Waals surface area contributed by atoms with Crippen molar-refractivity contribution in [1.82, 2.24) is 14.9 Å². The maximum atomic E-state index is 12.5. The summed E-state index contributed by atoms with van der Waals surface area (Å²) in [7, 11) is -1.87. The molecule has 1 aliphatic rings. The monoisotopic (exact) mass is 311 g/mol. The summed E-state index contributed by atoms with van der Waals surface area (Å²) >= 11 is 0. The summed E-state index contributed by atoms with van der Waals surface area (Å²) in [6.07, 6.45) is 1.25. The maximum absolute atomic E-state index is 12.5. The van der Waals surface area contributed by atoms with Gasteiger partial charge in [0.25, 0.3) is 0 Å². The molecule has 0 spiro atoms. The van der Waals surface area contributed by atoms with Crippen LogP contribution in [-0.4, -0.2) is 44.9 Å². The molecule has 2 N–H and O–H groups in total. The highest BCUT2D eigenvalue weighted by atomic mass is 32.2. The van der Waals surface area contributed by atoms with Gasteiger partial charge in [0.1, 0.15) is 0 Å². The third kappa shape index (κ3) is 3.74. The molecular formula is C14H21N3O3S. The summed E-state index contributed by atoms with van der Waals surface area (Å²) < 4.78 is 26.5. The lowest BCUT2D eigenvalue weighted by atomic mass is 10.1. The Morgan fingerprint density at radius 1 is 1.19 bits per heavy atom. The summed E-state index contributed by atoms with van der Waals surface area (Å²) in [6.45, 7) is 2.77. The second-order valence-corrected chi connectivity index (χ2v) is 7.15. The molecule has 0 atom stereocenters. The smallest absolute Gasteiger partial charge is 0.314 e. The number of nitrogens with one attached hydrogen (secondary N) is 2. The second-order valence-electron chi connectivity index (χ2n) is 5.21. The van der Waals surface area contributed by atoms with E-state index in [1.165, 1.54) is 4.31 Å². The fourth-order valence-electron chi connectivity index (χ4n) is 2.36. The van der Waals surface area contributed by atoms with E-state index in [9.17, 15) is 13.2 Å². The van der Waals surface area contributed by atoms with E-state index < -0.39 is 10.0 Å². The molecule has 0 aromatic heterocycles. The van der Waals surface area contributed by atoms with Crippen LogP contribution < -0.4 is 10.6 Å². The first-order chi connectivity index (χ1) is 9.93. The normalized spacial score (nSPS) is 17.4. The van der Waals surface area contributed by atoms with Crippen LogP contribution in [0.2, 0.25) is 0 Å². The summed E-state index contributed by atoms with van der Waals surface area (Å²) in [4.78, 5) is 11.6. The number of sulfonamides is 1. The SMILES string of the molecule is CNC(=O)NC1CCN(S(=O)(=O)c2ccc(C)cc2)CC1. The van der Waals surface area contributed by atoms with Crippen molar-refractivity contribution in [1.29, 1.82) is 0 Å². The van der Waals surface area contributed by atoms with Crippen LogP contribution in [0.3, 0.4) is 0 Å². The number of aryl methyl sites for hydroxylation is 1. The van der Waals surface area contributed by atoms with Gasteiger partial charge < -0.3 is 10.6 Å². The zero-order chi connectivity index (χ0) is 15.5. The van der Waals surface area contributed by atoms with Crippen molar-refractivity contribution in [2.75, 3.05) is 20.1 Å². The van der Waals surface area contributed by atoms with E-state index in [0.717, 1.165) is 5.56 Å². The fourth-order valence-corrected chi connectivity index (χ4v) is 3.83. The molecule has 116 valence electrons. The molecule has 0 saturated carbocycles. The molecule has 0 radical (unpaired) electrons. The Hall–Kier alpha value is -1.60. The highest BCUT2D eigenvalue weighted by Crippen LogP contribution is 2.21. The van der Waals surface area contributed by atoms with Crippen molar-refractivity contribution in [2.24, 2.45) is 0 Å². The lowest BCUT2D eigenvalue weighted by Gasteiger charge is -2.31. The van der Waals surface area contributed by atoms with Gasteiger partial charge in [-0.25, -0.2) is 13.2 Å². The predicted molar refractivity (Wildman–Crippen MR) is 80.6 cm³/mol. The first kappa shape index (κ1) is 15.8. The molecule has 0 bridgehead atoms. The van der Waals surface area contributed by atoms with E-state index in [4.69, 9.17) is 0 Å². The molecule has 1 fully saturated rings. The van der Waals surface area contributed by atoms with E-state index >= 15 is 0 Å². The van der Waals surface area contributed by atoms with E-state index in [-0.39, 0.29) is 12.1 Å². The molecule has 2 rings (SSSR count). The summed E-state index contributed by atoms with van der Waals surface area (Å²) in [5.41, 5.74) is 1.03. The Labute approximate surface area is 125 Å². The predicted octanol–water partition coefficient (Wildman–Crippen LogP) is 1.08. The summed E-state index contributed by atoms with van der Waals surface area (Å²) in [6, 6.07) is 6.67. The topological polar surface area (TPSA) is 78.5 Å². The number of amides is 2.